The van der Waals surface area contributed by atoms with Gasteiger partial charge in [0.15, 0.2) is 12.4 Å². The van der Waals surface area contributed by atoms with Gasteiger partial charge >= 0.3 is 5.97 Å². The van der Waals surface area contributed by atoms with Crippen LogP contribution in [0.2, 0.25) is 0 Å². The van der Waals surface area contributed by atoms with Crippen LogP contribution >= 0.6 is 56.7 Å². The molecule has 1 fully saturated rings. The number of nitrogens with two attached hydrogens (primary N) is 1. The van der Waals surface area contributed by atoms with Crippen molar-refractivity contribution in [2.45, 2.75) is 94.6 Å². The Kier molecular flexibility index (Phi) is 19.1. The van der Waals surface area contributed by atoms with E-state index in [4.69, 9.17) is 29.9 Å². The molecule has 6 aromatic rings. The van der Waals surface area contributed by atoms with Gasteiger partial charge in [0.05, 0.1) is 43.3 Å². The molecule has 34 heteroatoms. The van der Waals surface area contributed by atoms with E-state index in [0.717, 1.165) is 56.7 Å². The van der Waals surface area contributed by atoms with Gasteiger partial charge in [-0.05, 0) is 47.9 Å². The number of methoxy groups -OCH3 is 1. The average molecular weight is 1250 g/mol. The SMILES string of the molecule is C=C(NC(=O)c1csc(-c2nc3c(cc2O)-c2nc(cs2)C(=O)N[C@@H]([C@@H](C)O)C(=O)NC(=C(C)OC)c2nc(cs2)C(=O)N[C@@H]([C@H](O)[C@H](O[C@H]2C[C@](C)(O)[C@H](N(C)C)[C@H](C)O2)C(=O)O)c2nc(cs2)C(=O)N[C@@H](CO)c2nc-3cs2)n1)C(N)=O. The summed E-state index contributed by atoms with van der Waals surface area (Å²) >= 11 is 4.34. The number of aliphatic hydroxyl groups excluding tert-OH is 3. The highest BCUT2D eigenvalue weighted by atomic mass is 32.1. The summed E-state index contributed by atoms with van der Waals surface area (Å²) in [6, 6.07) is -4.01. The number of pyridine rings is 1. The van der Waals surface area contributed by atoms with Crippen molar-refractivity contribution >= 4 is 104 Å². The summed E-state index contributed by atoms with van der Waals surface area (Å²) in [7, 11) is 4.74. The van der Waals surface area contributed by atoms with Crippen LogP contribution in [0.4, 0.5) is 0 Å². The number of carbonyl (C=O) groups is 7. The van der Waals surface area contributed by atoms with Gasteiger partial charge in [-0.3, -0.25) is 28.8 Å². The van der Waals surface area contributed by atoms with Gasteiger partial charge in [0.25, 0.3) is 29.5 Å². The van der Waals surface area contributed by atoms with E-state index in [1.807, 2.05) is 0 Å². The molecule has 29 nitrogen and oxygen atoms in total. The third-order valence-corrected chi connectivity index (χ3v) is 17.5. The maximum atomic E-state index is 14.3. The number of fused-ring (bicyclic) bond motifs is 11. The van der Waals surface area contributed by atoms with E-state index in [1.54, 1.807) is 25.9 Å². The second-order valence-electron chi connectivity index (χ2n) is 19.4. The van der Waals surface area contributed by atoms with Crippen LogP contribution in [0.5, 0.6) is 5.75 Å². The molecular weight excluding hydrogens is 1200 g/mol. The minimum Gasteiger partial charge on any atom is -0.506 e. The first-order valence-electron chi connectivity index (χ1n) is 24.9. The number of aromatic hydroxyl groups is 1. The van der Waals surface area contributed by atoms with E-state index in [1.165, 1.54) is 60.8 Å². The van der Waals surface area contributed by atoms with Crippen molar-refractivity contribution in [3.63, 3.8) is 0 Å². The Balaban J connectivity index is 1.21. The van der Waals surface area contributed by atoms with Gasteiger partial charge in [-0.2, -0.15) is 0 Å². The highest BCUT2D eigenvalue weighted by Crippen LogP contribution is 2.41. The Hall–Kier alpha value is -7.61. The molecule has 446 valence electrons. The van der Waals surface area contributed by atoms with E-state index < -0.39 is 120 Å². The Morgan fingerprint density at radius 3 is 2.06 bits per heavy atom. The van der Waals surface area contributed by atoms with Gasteiger partial charge in [0, 0.05) is 38.9 Å². The maximum Gasteiger partial charge on any atom is 0.335 e. The van der Waals surface area contributed by atoms with Gasteiger partial charge in [-0.1, -0.05) is 6.58 Å². The minimum atomic E-state index is -2.20. The Morgan fingerprint density at radius 2 is 1.44 bits per heavy atom. The summed E-state index contributed by atoms with van der Waals surface area (Å²) in [6.45, 7) is 8.55. The predicted octanol–water partition coefficient (Wildman–Crippen LogP) is 1.32. The topological polar surface area (TPSA) is 435 Å². The molecule has 6 amide bonds. The summed E-state index contributed by atoms with van der Waals surface area (Å²) in [4.78, 5) is 123. The molecule has 13 N–H and O–H groups in total. The zero-order valence-electron chi connectivity index (χ0n) is 45.3. The third kappa shape index (κ3) is 13.5. The number of aromatic nitrogens is 6. The number of carboxylic acid groups (broad SMARTS) is 1. The third-order valence-electron chi connectivity index (χ3n) is 13.0. The molecule has 2 aliphatic heterocycles. The molecule has 6 aromatic heterocycles. The van der Waals surface area contributed by atoms with E-state index in [-0.39, 0.29) is 88.3 Å². The molecule has 8 bridgehead atoms. The van der Waals surface area contributed by atoms with Crippen LogP contribution in [-0.4, -0.2) is 183 Å². The van der Waals surface area contributed by atoms with Gasteiger partial charge < -0.3 is 82.1 Å². The Labute approximate surface area is 496 Å². The number of likely N-dealkylation sites (N-methyl/N-ethyl adjacent to an activating group) is 1. The fraction of sp³-hybridized carbons (Fsp3) is 0.380. The summed E-state index contributed by atoms with van der Waals surface area (Å²) in [6.07, 6.45) is -8.27. The molecule has 1 saturated heterocycles. The number of carbonyl (C=O) groups excluding carboxylic acids is 6. The predicted molar refractivity (Wildman–Crippen MR) is 303 cm³/mol. The molecular formula is C50H55N13O16S5. The van der Waals surface area contributed by atoms with Gasteiger partial charge in [0.1, 0.15) is 106 Å². The fourth-order valence-electron chi connectivity index (χ4n) is 9.00. The Bertz CT molecular complexity index is 3570. The number of aliphatic hydroxyl groups is 4. The first-order valence-corrected chi connectivity index (χ1v) is 29.3. The number of amides is 6. The summed E-state index contributed by atoms with van der Waals surface area (Å²) < 4.78 is 17.4. The molecule has 84 heavy (non-hydrogen) atoms. The monoisotopic (exact) mass is 1250 g/mol. The number of nitrogens with one attached hydrogen (secondary N) is 5. The standard InChI is InChI=1S/C50H55N13O16S5/c1-17(38(51)68)52-39(69)24-14-83-47(57-24)33-28(66)9-21-32(59-33)23-12-81-45(54-23)22(11-64)53-40(70)25-15-84-48(58-25)34(35(67)36(49(74)75)79-29-10-50(5,76)37(63(6)7)20(4)78-29)62-42(72)27-16-82-46(56-27)31(19(3)77-8)61-43(73)30(18(2)65)60-41(71)26-13-80-44(21)55-26/h9,12-16,18,20,22,29-30,34-37,64-67,76H,1,10-11H2,2-8H3,(H2,51,68)(H,52,69)(H,53,70)(H,60,71)(H,61,73)(H,62,72)(H,74,75)/t18-,20+,22+,29+,30+,34+,35+,36+,37-,50+/m1/s1. The van der Waals surface area contributed by atoms with E-state index in [2.05, 4.69) is 53.1 Å². The number of rotatable bonds is 13. The van der Waals surface area contributed by atoms with Crippen molar-refractivity contribution in [1.82, 2.24) is 61.4 Å². The van der Waals surface area contributed by atoms with Gasteiger partial charge in [0.2, 0.25) is 5.91 Å². The molecule has 0 unspecified atom stereocenters. The lowest BCUT2D eigenvalue weighted by molar-refractivity contribution is -0.277. The second-order valence-corrected chi connectivity index (χ2v) is 23.8. The first-order chi connectivity index (χ1) is 39.7. The second kappa shape index (κ2) is 25.7. The van der Waals surface area contributed by atoms with Crippen molar-refractivity contribution in [2.75, 3.05) is 27.8 Å². The van der Waals surface area contributed by atoms with Crippen molar-refractivity contribution in [3.8, 4) is 38.4 Å². The normalized spacial score (nSPS) is 23.2. The molecule has 8 rings (SSSR count). The van der Waals surface area contributed by atoms with Crippen LogP contribution in [0, 0.1) is 0 Å². The van der Waals surface area contributed by atoms with Gasteiger partial charge in [-0.15, -0.1) is 56.7 Å². The zero-order valence-corrected chi connectivity index (χ0v) is 49.4. The highest BCUT2D eigenvalue weighted by Gasteiger charge is 2.48. The minimum absolute atomic E-state index is 0.00547. The summed E-state index contributed by atoms with van der Waals surface area (Å²) in [5.41, 5.74) is 2.15. The van der Waals surface area contributed by atoms with E-state index in [9.17, 15) is 64.2 Å². The number of hydrogen-bond acceptors (Lipinski definition) is 27. The van der Waals surface area contributed by atoms with Crippen LogP contribution in [0.25, 0.3) is 38.4 Å². The molecule has 0 saturated carbocycles. The number of thiazole rings is 5. The number of allylic oxidation sites excluding steroid dienone is 1. The number of aliphatic carboxylic acids is 1. The molecule has 0 spiro atoms. The molecule has 0 aromatic carbocycles. The fourth-order valence-corrected chi connectivity index (χ4v) is 13.2. The largest absolute Gasteiger partial charge is 0.506 e. The lowest BCUT2D eigenvalue weighted by Crippen LogP contribution is -2.61. The number of hydrogen-bond donors (Lipinski definition) is 12. The maximum absolute atomic E-state index is 14.3. The van der Waals surface area contributed by atoms with E-state index in [0.29, 0.717) is 0 Å². The summed E-state index contributed by atoms with van der Waals surface area (Å²) in [5.74, 6) is -7.80. The average Bonchev–Trinajstić information content (AvgIpc) is 2.66. The van der Waals surface area contributed by atoms with Crippen molar-refractivity contribution in [2.24, 2.45) is 5.73 Å². The molecule has 0 radical (unpaired) electrons. The van der Waals surface area contributed by atoms with Crippen LogP contribution in [0.15, 0.2) is 51.0 Å². The molecule has 2 aliphatic rings. The zero-order chi connectivity index (χ0) is 61.2. The lowest BCUT2D eigenvalue weighted by Gasteiger charge is -2.47. The number of ether oxygens (including phenoxy) is 3. The highest BCUT2D eigenvalue weighted by molar-refractivity contribution is 7.14. The number of carboxylic acids is 1. The Morgan fingerprint density at radius 1 is 0.857 bits per heavy atom. The molecule has 0 aliphatic carbocycles. The van der Waals surface area contributed by atoms with E-state index >= 15 is 0 Å². The van der Waals surface area contributed by atoms with Gasteiger partial charge in [-0.25, -0.2) is 34.7 Å². The number of primary amides is 1. The van der Waals surface area contributed by atoms with Crippen LogP contribution in [0.1, 0.15) is 103 Å². The van der Waals surface area contributed by atoms with Crippen LogP contribution in [-0.2, 0) is 28.6 Å². The lowest BCUT2D eigenvalue weighted by atomic mass is 9.85. The van der Waals surface area contributed by atoms with Crippen molar-refractivity contribution in [3.05, 3.63) is 88.8 Å². The van der Waals surface area contributed by atoms with Crippen LogP contribution in [0.3, 0.4) is 0 Å². The summed E-state index contributed by atoms with van der Waals surface area (Å²) in [5, 5.41) is 86.5. The first kappa shape index (κ1) is 62.4. The van der Waals surface area contributed by atoms with Crippen LogP contribution < -0.4 is 32.3 Å². The quantitative estimate of drug-likeness (QED) is 0.0573. The number of nitrogens with zero attached hydrogens (tertiary/aromatic N) is 7. The van der Waals surface area contributed by atoms with Crippen molar-refractivity contribution in [1.29, 1.82) is 0 Å². The molecule has 8 heterocycles. The smallest absolute Gasteiger partial charge is 0.335 e. The van der Waals surface area contributed by atoms with Crippen molar-refractivity contribution < 1.29 is 78.4 Å². The molecule has 10 atom stereocenters.